The maximum Gasteiger partial charge on any atom is 0.212 e. The summed E-state index contributed by atoms with van der Waals surface area (Å²) in [5, 5.41) is 3.48. The minimum absolute atomic E-state index is 0.258. The van der Waals surface area contributed by atoms with E-state index in [-0.39, 0.29) is 5.96 Å². The normalized spacial score (nSPS) is 17.2. The first-order valence-electron chi connectivity index (χ1n) is 10.5. The van der Waals surface area contributed by atoms with E-state index in [4.69, 9.17) is 41.3 Å². The Morgan fingerprint density at radius 2 is 2.00 bits per heavy atom. The number of nitrogens with two attached hydrogens (primary N) is 1. The number of fused-ring (bicyclic) bond motifs is 4. The van der Waals surface area contributed by atoms with Gasteiger partial charge in [0.15, 0.2) is 35.1 Å². The second-order valence-corrected chi connectivity index (χ2v) is 7.95. The van der Waals surface area contributed by atoms with E-state index in [1.807, 2.05) is 35.8 Å². The van der Waals surface area contributed by atoms with Gasteiger partial charge in [-0.15, -0.1) is 0 Å². The molecule has 0 bridgehead atoms. The first-order chi connectivity index (χ1) is 15.6. The minimum Gasteiger partial charge on any atom is -0.493 e. The molecule has 0 saturated heterocycles. The highest BCUT2D eigenvalue weighted by atomic mass is 35.5. The standard InChI is InChI=1S/C22H24ClN5O4/c1-3-5-32-19-13(23)8-12(9-18(19)29-2)20-26-21(24)27-22-25-14-10-16-17(11-15(14)28(20)22)31-7-4-6-30-16/h8-11,20H,3-7H2,1-2H3,(H3,24,25,26,27). The second kappa shape index (κ2) is 8.31. The van der Waals surface area contributed by atoms with Crippen molar-refractivity contribution in [2.75, 3.05) is 32.2 Å². The Morgan fingerprint density at radius 1 is 1.22 bits per heavy atom. The van der Waals surface area contributed by atoms with Gasteiger partial charge in [-0.3, -0.25) is 9.88 Å². The SMILES string of the molecule is CCCOc1c(Cl)cc(C2N=C(N)Nc3nc4cc5c(cc4n32)OCCCO5)cc1OC. The molecule has 2 aromatic carbocycles. The van der Waals surface area contributed by atoms with Gasteiger partial charge in [-0.1, -0.05) is 18.5 Å². The molecule has 32 heavy (non-hydrogen) atoms. The van der Waals surface area contributed by atoms with Crippen LogP contribution in [0.2, 0.25) is 5.02 Å². The Hall–Kier alpha value is -3.33. The predicted octanol–water partition coefficient (Wildman–Crippen LogP) is 3.94. The molecule has 0 radical (unpaired) electrons. The van der Waals surface area contributed by atoms with Crippen LogP contribution in [0, 0.1) is 0 Å². The predicted molar refractivity (Wildman–Crippen MR) is 123 cm³/mol. The fraction of sp³-hybridized carbons (Fsp3) is 0.364. The number of aliphatic imine (C=N–C) groups is 1. The highest BCUT2D eigenvalue weighted by Gasteiger charge is 2.28. The number of imidazole rings is 1. The minimum atomic E-state index is -0.507. The third-order valence-corrected chi connectivity index (χ3v) is 5.59. The van der Waals surface area contributed by atoms with Crippen LogP contribution in [0.3, 0.4) is 0 Å². The maximum atomic E-state index is 6.58. The monoisotopic (exact) mass is 457 g/mol. The van der Waals surface area contributed by atoms with Gasteiger partial charge in [0.2, 0.25) is 5.95 Å². The molecule has 3 aromatic rings. The van der Waals surface area contributed by atoms with Gasteiger partial charge >= 0.3 is 0 Å². The third kappa shape index (κ3) is 3.52. The van der Waals surface area contributed by atoms with Crippen molar-refractivity contribution >= 4 is 34.5 Å². The number of aromatic nitrogens is 2. The number of halogens is 1. The van der Waals surface area contributed by atoms with Gasteiger partial charge in [0, 0.05) is 24.1 Å². The van der Waals surface area contributed by atoms with Crippen molar-refractivity contribution in [1.29, 1.82) is 0 Å². The van der Waals surface area contributed by atoms with Crippen molar-refractivity contribution < 1.29 is 18.9 Å². The van der Waals surface area contributed by atoms with E-state index < -0.39 is 6.17 Å². The van der Waals surface area contributed by atoms with Crippen molar-refractivity contribution in [1.82, 2.24) is 9.55 Å². The van der Waals surface area contributed by atoms with Crippen LogP contribution in [-0.2, 0) is 0 Å². The van der Waals surface area contributed by atoms with E-state index >= 15 is 0 Å². The average molecular weight is 458 g/mol. The van der Waals surface area contributed by atoms with E-state index in [1.54, 1.807) is 7.11 Å². The van der Waals surface area contributed by atoms with Crippen molar-refractivity contribution in [3.8, 4) is 23.0 Å². The molecule has 168 valence electrons. The number of guanidine groups is 1. The first kappa shape index (κ1) is 20.6. The molecule has 9 nitrogen and oxygen atoms in total. The lowest BCUT2D eigenvalue weighted by Crippen LogP contribution is -2.31. The lowest BCUT2D eigenvalue weighted by atomic mass is 10.1. The lowest BCUT2D eigenvalue weighted by molar-refractivity contribution is 0.294. The Morgan fingerprint density at radius 3 is 2.75 bits per heavy atom. The van der Waals surface area contributed by atoms with Gasteiger partial charge in [-0.2, -0.15) is 0 Å². The molecule has 1 aromatic heterocycles. The Balaban J connectivity index is 1.64. The van der Waals surface area contributed by atoms with Gasteiger partial charge in [-0.05, 0) is 18.6 Å². The summed E-state index contributed by atoms with van der Waals surface area (Å²) in [5.74, 6) is 3.23. The van der Waals surface area contributed by atoms with Crippen LogP contribution in [0.25, 0.3) is 11.0 Å². The van der Waals surface area contributed by atoms with Crippen LogP contribution in [-0.4, -0.2) is 42.4 Å². The zero-order valence-corrected chi connectivity index (χ0v) is 18.6. The summed E-state index contributed by atoms with van der Waals surface area (Å²) in [5.41, 5.74) is 8.45. The molecule has 10 heteroatoms. The number of hydrogen-bond acceptors (Lipinski definition) is 8. The molecule has 5 rings (SSSR count). The van der Waals surface area contributed by atoms with Crippen LogP contribution >= 0.6 is 11.6 Å². The molecule has 2 aliphatic rings. The Kier molecular flexibility index (Phi) is 5.34. The van der Waals surface area contributed by atoms with E-state index in [9.17, 15) is 0 Å². The molecule has 2 aliphatic heterocycles. The smallest absolute Gasteiger partial charge is 0.212 e. The topological polar surface area (TPSA) is 105 Å². The average Bonchev–Trinajstić information content (AvgIpc) is 2.96. The number of rotatable bonds is 5. The number of ether oxygens (including phenoxy) is 4. The molecular weight excluding hydrogens is 434 g/mol. The number of nitrogens with one attached hydrogen (secondary N) is 1. The van der Waals surface area contributed by atoms with E-state index in [1.165, 1.54) is 0 Å². The number of hydrogen-bond donors (Lipinski definition) is 2. The van der Waals surface area contributed by atoms with Gasteiger partial charge in [0.05, 0.1) is 43.0 Å². The van der Waals surface area contributed by atoms with Gasteiger partial charge in [-0.25, -0.2) is 9.98 Å². The van der Waals surface area contributed by atoms with Crippen LogP contribution in [0.1, 0.15) is 31.5 Å². The van der Waals surface area contributed by atoms with Crippen molar-refractivity contribution in [3.63, 3.8) is 0 Å². The summed E-state index contributed by atoms with van der Waals surface area (Å²) in [6.45, 7) is 3.77. The molecule has 3 heterocycles. The summed E-state index contributed by atoms with van der Waals surface area (Å²) < 4.78 is 25.0. The Labute approximate surface area is 190 Å². The Bertz CT molecular complexity index is 1210. The maximum absolute atomic E-state index is 6.58. The molecule has 0 amide bonds. The van der Waals surface area contributed by atoms with Crippen molar-refractivity contribution in [3.05, 3.63) is 34.9 Å². The highest BCUT2D eigenvalue weighted by Crippen LogP contribution is 2.42. The summed E-state index contributed by atoms with van der Waals surface area (Å²) in [6, 6.07) is 7.49. The molecular formula is C22H24ClN5O4. The zero-order valence-electron chi connectivity index (χ0n) is 17.9. The van der Waals surface area contributed by atoms with Crippen LogP contribution in [0.15, 0.2) is 29.3 Å². The molecule has 0 saturated carbocycles. The molecule has 1 unspecified atom stereocenters. The van der Waals surface area contributed by atoms with Crippen molar-refractivity contribution in [2.24, 2.45) is 10.7 Å². The number of anilines is 1. The summed E-state index contributed by atoms with van der Waals surface area (Å²) >= 11 is 6.58. The zero-order chi connectivity index (χ0) is 22.2. The number of nitrogens with zero attached hydrogens (tertiary/aromatic N) is 3. The molecule has 0 fully saturated rings. The van der Waals surface area contributed by atoms with Gasteiger partial charge in [0.1, 0.15) is 0 Å². The lowest BCUT2D eigenvalue weighted by Gasteiger charge is -2.25. The highest BCUT2D eigenvalue weighted by molar-refractivity contribution is 6.32. The fourth-order valence-electron chi connectivity index (χ4n) is 3.88. The molecule has 1 atom stereocenters. The third-order valence-electron chi connectivity index (χ3n) is 5.31. The van der Waals surface area contributed by atoms with Crippen LogP contribution in [0.5, 0.6) is 23.0 Å². The van der Waals surface area contributed by atoms with Crippen LogP contribution < -0.4 is 30.0 Å². The van der Waals surface area contributed by atoms with Gasteiger partial charge < -0.3 is 24.7 Å². The number of methoxy groups -OCH3 is 1. The summed E-state index contributed by atoms with van der Waals surface area (Å²) in [6.07, 6.45) is 1.18. The van der Waals surface area contributed by atoms with Gasteiger partial charge in [0.25, 0.3) is 0 Å². The molecule has 0 spiro atoms. The molecule has 0 aliphatic carbocycles. The molecule has 3 N–H and O–H groups in total. The summed E-state index contributed by atoms with van der Waals surface area (Å²) in [4.78, 5) is 9.34. The quantitative estimate of drug-likeness (QED) is 0.597. The largest absolute Gasteiger partial charge is 0.493 e. The first-order valence-corrected chi connectivity index (χ1v) is 10.9. The summed E-state index contributed by atoms with van der Waals surface area (Å²) in [7, 11) is 1.58. The van der Waals surface area contributed by atoms with E-state index in [0.717, 1.165) is 29.4 Å². The second-order valence-electron chi connectivity index (χ2n) is 7.54. The fourth-order valence-corrected chi connectivity index (χ4v) is 4.15. The van der Waals surface area contributed by atoms with Crippen LogP contribution in [0.4, 0.5) is 5.95 Å². The van der Waals surface area contributed by atoms with E-state index in [2.05, 4.69) is 10.3 Å². The number of benzene rings is 2. The van der Waals surface area contributed by atoms with E-state index in [0.29, 0.717) is 53.8 Å². The van der Waals surface area contributed by atoms with Crippen molar-refractivity contribution in [2.45, 2.75) is 25.9 Å².